The first-order valence-electron chi connectivity index (χ1n) is 5.09. The summed E-state index contributed by atoms with van der Waals surface area (Å²) >= 11 is 0. The van der Waals surface area contributed by atoms with E-state index in [2.05, 4.69) is 30.3 Å². The largest absolute Gasteiger partial charge is 0.381 e. The van der Waals surface area contributed by atoms with Crippen molar-refractivity contribution < 1.29 is 4.74 Å². The molecule has 0 amide bonds. The van der Waals surface area contributed by atoms with Crippen molar-refractivity contribution >= 4 is 0 Å². The molecule has 1 aromatic rings. The Balaban J connectivity index is 1.82. The van der Waals surface area contributed by atoms with Crippen LogP contribution in [0.5, 0.6) is 0 Å². The van der Waals surface area contributed by atoms with E-state index in [0.717, 1.165) is 31.0 Å². The van der Waals surface area contributed by atoms with Crippen LogP contribution < -0.4 is 0 Å². The molecule has 1 saturated heterocycles. The third-order valence-electron chi connectivity index (χ3n) is 3.42. The molecule has 1 aliphatic heterocycles. The van der Waals surface area contributed by atoms with E-state index in [9.17, 15) is 0 Å². The van der Waals surface area contributed by atoms with Gasteiger partial charge in [-0.1, -0.05) is 30.3 Å². The Hall–Kier alpha value is -0.820. The summed E-state index contributed by atoms with van der Waals surface area (Å²) in [6.07, 6.45) is 1.27. The van der Waals surface area contributed by atoms with Gasteiger partial charge in [0, 0.05) is 6.61 Å². The third-order valence-corrected chi connectivity index (χ3v) is 3.42. The Labute approximate surface area is 78.7 Å². The smallest absolute Gasteiger partial charge is 0.0503 e. The molecule has 1 saturated carbocycles. The number of hydrogen-bond donors (Lipinski definition) is 0. The summed E-state index contributed by atoms with van der Waals surface area (Å²) in [5.74, 6) is 2.57. The van der Waals surface area contributed by atoms with Crippen molar-refractivity contribution in [2.24, 2.45) is 11.8 Å². The Morgan fingerprint density at radius 2 is 1.92 bits per heavy atom. The number of rotatable bonds is 1. The SMILES string of the molecule is c1ccc([C@@H]2[C@@H]3CCOC[C@@H]32)cc1. The van der Waals surface area contributed by atoms with E-state index in [1.165, 1.54) is 12.0 Å². The molecule has 1 aliphatic carbocycles. The summed E-state index contributed by atoms with van der Waals surface area (Å²) in [4.78, 5) is 0. The lowest BCUT2D eigenvalue weighted by Gasteiger charge is -2.07. The van der Waals surface area contributed by atoms with Gasteiger partial charge in [0.05, 0.1) is 6.61 Å². The van der Waals surface area contributed by atoms with Gasteiger partial charge < -0.3 is 4.74 Å². The minimum absolute atomic E-state index is 0.809. The molecular formula is C12H14O. The summed E-state index contributed by atoms with van der Waals surface area (Å²) in [5, 5.41) is 0. The minimum atomic E-state index is 0.809. The first kappa shape index (κ1) is 7.57. The molecule has 0 radical (unpaired) electrons. The average Bonchev–Trinajstić information content (AvgIpc) is 2.93. The lowest BCUT2D eigenvalue weighted by Crippen LogP contribution is -2.06. The van der Waals surface area contributed by atoms with E-state index in [0.29, 0.717) is 0 Å². The Kier molecular flexibility index (Phi) is 1.66. The first-order chi connectivity index (χ1) is 6.47. The van der Waals surface area contributed by atoms with Crippen LogP contribution in [0.25, 0.3) is 0 Å². The highest BCUT2D eigenvalue weighted by Crippen LogP contribution is 2.57. The molecule has 3 rings (SSSR count). The fraction of sp³-hybridized carbons (Fsp3) is 0.500. The Bertz CT molecular complexity index is 281. The normalized spacial score (nSPS) is 36.8. The minimum Gasteiger partial charge on any atom is -0.381 e. The number of fused-ring (bicyclic) bond motifs is 1. The van der Waals surface area contributed by atoms with Crippen LogP contribution in [0.15, 0.2) is 30.3 Å². The van der Waals surface area contributed by atoms with Crippen LogP contribution in [-0.2, 0) is 4.74 Å². The van der Waals surface area contributed by atoms with Gasteiger partial charge in [0.1, 0.15) is 0 Å². The summed E-state index contributed by atoms with van der Waals surface area (Å²) in [7, 11) is 0. The second-order valence-electron chi connectivity index (χ2n) is 4.13. The van der Waals surface area contributed by atoms with Gasteiger partial charge >= 0.3 is 0 Å². The standard InChI is InChI=1S/C12H14O/c1-2-4-9(5-3-1)12-10-6-7-13-8-11(10)12/h1-5,10-12H,6-8H2/t10-,11+,12-/m1/s1. The van der Waals surface area contributed by atoms with Crippen molar-refractivity contribution in [3.63, 3.8) is 0 Å². The van der Waals surface area contributed by atoms with Gasteiger partial charge in [0.2, 0.25) is 0 Å². The maximum atomic E-state index is 5.48. The number of benzene rings is 1. The highest BCUT2D eigenvalue weighted by atomic mass is 16.5. The lowest BCUT2D eigenvalue weighted by atomic mass is 10.1. The molecule has 2 aliphatic rings. The first-order valence-corrected chi connectivity index (χ1v) is 5.09. The van der Waals surface area contributed by atoms with E-state index in [1.807, 2.05) is 0 Å². The number of ether oxygens (including phenoxy) is 1. The van der Waals surface area contributed by atoms with Crippen LogP contribution in [0.3, 0.4) is 0 Å². The summed E-state index contributed by atoms with van der Waals surface area (Å²) in [5.41, 5.74) is 1.52. The van der Waals surface area contributed by atoms with Crippen molar-refractivity contribution in [3.05, 3.63) is 35.9 Å². The van der Waals surface area contributed by atoms with Gasteiger partial charge in [-0.3, -0.25) is 0 Å². The van der Waals surface area contributed by atoms with Gasteiger partial charge in [0.25, 0.3) is 0 Å². The summed E-state index contributed by atoms with van der Waals surface area (Å²) in [6, 6.07) is 10.9. The van der Waals surface area contributed by atoms with Gasteiger partial charge in [-0.25, -0.2) is 0 Å². The molecule has 0 bridgehead atoms. The molecule has 68 valence electrons. The Morgan fingerprint density at radius 1 is 1.08 bits per heavy atom. The zero-order chi connectivity index (χ0) is 8.67. The quantitative estimate of drug-likeness (QED) is 0.635. The van der Waals surface area contributed by atoms with Crippen LogP contribution in [0.2, 0.25) is 0 Å². The van der Waals surface area contributed by atoms with E-state index >= 15 is 0 Å². The lowest BCUT2D eigenvalue weighted by molar-refractivity contribution is 0.0887. The molecule has 2 fully saturated rings. The molecule has 3 atom stereocenters. The zero-order valence-electron chi connectivity index (χ0n) is 7.65. The van der Waals surface area contributed by atoms with Crippen LogP contribution in [0.4, 0.5) is 0 Å². The topological polar surface area (TPSA) is 9.23 Å². The molecular weight excluding hydrogens is 160 g/mol. The predicted octanol–water partition coefficient (Wildman–Crippen LogP) is 2.44. The molecule has 0 aromatic heterocycles. The fourth-order valence-corrected chi connectivity index (χ4v) is 2.67. The fourth-order valence-electron chi connectivity index (χ4n) is 2.67. The van der Waals surface area contributed by atoms with Crippen molar-refractivity contribution in [3.8, 4) is 0 Å². The number of hydrogen-bond acceptors (Lipinski definition) is 1. The molecule has 1 aromatic carbocycles. The van der Waals surface area contributed by atoms with Gasteiger partial charge in [-0.15, -0.1) is 0 Å². The zero-order valence-corrected chi connectivity index (χ0v) is 7.65. The van der Waals surface area contributed by atoms with E-state index < -0.39 is 0 Å². The van der Waals surface area contributed by atoms with Gasteiger partial charge in [-0.05, 0) is 29.7 Å². The maximum Gasteiger partial charge on any atom is 0.0503 e. The van der Waals surface area contributed by atoms with Crippen molar-refractivity contribution in [2.45, 2.75) is 12.3 Å². The molecule has 0 unspecified atom stereocenters. The second kappa shape index (κ2) is 2.85. The van der Waals surface area contributed by atoms with Crippen LogP contribution in [0.1, 0.15) is 17.9 Å². The van der Waals surface area contributed by atoms with Crippen molar-refractivity contribution in [2.75, 3.05) is 13.2 Å². The van der Waals surface area contributed by atoms with Crippen LogP contribution >= 0.6 is 0 Å². The van der Waals surface area contributed by atoms with E-state index in [-0.39, 0.29) is 0 Å². The molecule has 1 heteroatoms. The van der Waals surface area contributed by atoms with Gasteiger partial charge in [-0.2, -0.15) is 0 Å². The molecule has 13 heavy (non-hydrogen) atoms. The second-order valence-corrected chi connectivity index (χ2v) is 4.13. The maximum absolute atomic E-state index is 5.48. The Morgan fingerprint density at radius 3 is 2.62 bits per heavy atom. The molecule has 1 nitrogen and oxygen atoms in total. The highest BCUT2D eigenvalue weighted by Gasteiger charge is 2.51. The monoisotopic (exact) mass is 174 g/mol. The molecule has 0 spiro atoms. The third kappa shape index (κ3) is 1.19. The van der Waals surface area contributed by atoms with Crippen LogP contribution in [0, 0.1) is 11.8 Å². The molecule has 1 heterocycles. The predicted molar refractivity (Wildman–Crippen MR) is 51.6 cm³/mol. The summed E-state index contributed by atoms with van der Waals surface area (Å²) in [6.45, 7) is 1.97. The van der Waals surface area contributed by atoms with Gasteiger partial charge in [0.15, 0.2) is 0 Å². The van der Waals surface area contributed by atoms with Crippen molar-refractivity contribution in [1.29, 1.82) is 0 Å². The van der Waals surface area contributed by atoms with Crippen LogP contribution in [-0.4, -0.2) is 13.2 Å². The molecule has 0 N–H and O–H groups in total. The van der Waals surface area contributed by atoms with E-state index in [1.54, 1.807) is 0 Å². The van der Waals surface area contributed by atoms with Crippen molar-refractivity contribution in [1.82, 2.24) is 0 Å². The average molecular weight is 174 g/mol. The summed E-state index contributed by atoms with van der Waals surface area (Å²) < 4.78 is 5.48. The highest BCUT2D eigenvalue weighted by molar-refractivity contribution is 5.28. The van der Waals surface area contributed by atoms with E-state index in [4.69, 9.17) is 4.74 Å².